The molecular formula is C23H25ClN6O3. The number of anilines is 2. The lowest BCUT2D eigenvalue weighted by Crippen LogP contribution is -2.49. The number of piperazine rings is 1. The number of amides is 1. The number of benzene rings is 1. The summed E-state index contributed by atoms with van der Waals surface area (Å²) < 4.78 is 10.8. The molecule has 5 rings (SSSR count). The predicted molar refractivity (Wildman–Crippen MR) is 125 cm³/mol. The van der Waals surface area contributed by atoms with E-state index in [0.717, 1.165) is 24.6 Å². The highest BCUT2D eigenvalue weighted by molar-refractivity contribution is 6.33. The zero-order chi connectivity index (χ0) is 22.8. The first-order chi connectivity index (χ1) is 16.1. The van der Waals surface area contributed by atoms with Crippen molar-refractivity contribution in [2.45, 2.75) is 6.92 Å². The Hall–Kier alpha value is -3.17. The Morgan fingerprint density at radius 3 is 2.55 bits per heavy atom. The molecule has 2 fully saturated rings. The third-order valence-corrected chi connectivity index (χ3v) is 6.43. The first-order valence-electron chi connectivity index (χ1n) is 11.0. The van der Waals surface area contributed by atoms with E-state index in [1.165, 1.54) is 0 Å². The number of rotatable bonds is 4. The monoisotopic (exact) mass is 468 g/mol. The summed E-state index contributed by atoms with van der Waals surface area (Å²) in [6, 6.07) is 9.40. The summed E-state index contributed by atoms with van der Waals surface area (Å²) >= 11 is 6.35. The van der Waals surface area contributed by atoms with Gasteiger partial charge in [0, 0.05) is 50.9 Å². The lowest BCUT2D eigenvalue weighted by atomic mass is 10.0. The van der Waals surface area contributed by atoms with E-state index in [4.69, 9.17) is 20.9 Å². The summed E-state index contributed by atoms with van der Waals surface area (Å²) in [4.78, 5) is 19.7. The maximum Gasteiger partial charge on any atom is 0.259 e. The molecule has 1 amide bonds. The van der Waals surface area contributed by atoms with Gasteiger partial charge in [0.15, 0.2) is 5.82 Å². The summed E-state index contributed by atoms with van der Waals surface area (Å²) in [6.07, 6.45) is 1.78. The highest BCUT2D eigenvalue weighted by atomic mass is 35.5. The second kappa shape index (κ2) is 9.36. The zero-order valence-electron chi connectivity index (χ0n) is 18.4. The van der Waals surface area contributed by atoms with Crippen LogP contribution in [-0.4, -0.2) is 78.6 Å². The Kier molecular flexibility index (Phi) is 6.15. The SMILES string of the molecule is Cc1onc(-c2ccccc2Cl)c1C(=O)N1CCN(c2cnnc(N3CCOCC3)c2)CC1. The molecular weight excluding hydrogens is 444 g/mol. The molecule has 9 nitrogen and oxygen atoms in total. The largest absolute Gasteiger partial charge is 0.378 e. The van der Waals surface area contributed by atoms with Crippen LogP contribution in [0, 0.1) is 6.92 Å². The normalized spacial score (nSPS) is 16.8. The molecule has 2 aliphatic heterocycles. The lowest BCUT2D eigenvalue weighted by Gasteiger charge is -2.36. The molecule has 2 saturated heterocycles. The Morgan fingerprint density at radius 1 is 1.03 bits per heavy atom. The average Bonchev–Trinajstić information content (AvgIpc) is 3.25. The van der Waals surface area contributed by atoms with E-state index >= 15 is 0 Å². The van der Waals surface area contributed by atoms with Crippen LogP contribution in [0.5, 0.6) is 0 Å². The van der Waals surface area contributed by atoms with E-state index in [0.29, 0.717) is 67.0 Å². The summed E-state index contributed by atoms with van der Waals surface area (Å²) in [5.41, 5.74) is 2.66. The first-order valence-corrected chi connectivity index (χ1v) is 11.4. The fourth-order valence-corrected chi connectivity index (χ4v) is 4.48. The third kappa shape index (κ3) is 4.38. The van der Waals surface area contributed by atoms with Gasteiger partial charge in [-0.15, -0.1) is 5.10 Å². The molecule has 4 heterocycles. The van der Waals surface area contributed by atoms with E-state index < -0.39 is 0 Å². The van der Waals surface area contributed by atoms with Crippen molar-refractivity contribution < 1.29 is 14.1 Å². The van der Waals surface area contributed by atoms with Crippen molar-refractivity contribution in [1.29, 1.82) is 0 Å². The molecule has 3 aromatic rings. The van der Waals surface area contributed by atoms with Crippen molar-refractivity contribution in [1.82, 2.24) is 20.3 Å². The fraction of sp³-hybridized carbons (Fsp3) is 0.391. The van der Waals surface area contributed by atoms with Crippen molar-refractivity contribution in [2.75, 3.05) is 62.3 Å². The summed E-state index contributed by atoms with van der Waals surface area (Å²) in [5, 5.41) is 13.2. The van der Waals surface area contributed by atoms with Crippen LogP contribution in [0.2, 0.25) is 5.02 Å². The highest BCUT2D eigenvalue weighted by Gasteiger charge is 2.29. The van der Waals surface area contributed by atoms with Crippen molar-refractivity contribution in [3.8, 4) is 11.3 Å². The van der Waals surface area contributed by atoms with Crippen LogP contribution in [0.1, 0.15) is 16.1 Å². The molecule has 0 N–H and O–H groups in total. The van der Waals surface area contributed by atoms with Crippen LogP contribution < -0.4 is 9.80 Å². The molecule has 0 bridgehead atoms. The van der Waals surface area contributed by atoms with E-state index in [9.17, 15) is 4.79 Å². The van der Waals surface area contributed by atoms with Crippen LogP contribution in [-0.2, 0) is 4.74 Å². The van der Waals surface area contributed by atoms with E-state index in [1.54, 1.807) is 19.2 Å². The molecule has 2 aliphatic rings. The molecule has 1 aromatic carbocycles. The lowest BCUT2D eigenvalue weighted by molar-refractivity contribution is 0.0745. The Morgan fingerprint density at radius 2 is 1.79 bits per heavy atom. The average molecular weight is 469 g/mol. The predicted octanol–water partition coefficient (Wildman–Crippen LogP) is 2.89. The van der Waals surface area contributed by atoms with Gasteiger partial charge in [0.25, 0.3) is 5.91 Å². The van der Waals surface area contributed by atoms with Crippen LogP contribution in [0.15, 0.2) is 41.1 Å². The maximum atomic E-state index is 13.4. The Balaban J connectivity index is 1.29. The fourth-order valence-electron chi connectivity index (χ4n) is 4.25. The molecule has 0 aliphatic carbocycles. The number of morpholine rings is 1. The van der Waals surface area contributed by atoms with Crippen molar-refractivity contribution in [3.05, 3.63) is 52.9 Å². The van der Waals surface area contributed by atoms with Crippen molar-refractivity contribution in [2.24, 2.45) is 0 Å². The van der Waals surface area contributed by atoms with Gasteiger partial charge in [-0.25, -0.2) is 0 Å². The van der Waals surface area contributed by atoms with Crippen LogP contribution in [0.4, 0.5) is 11.5 Å². The minimum atomic E-state index is -0.0924. The summed E-state index contributed by atoms with van der Waals surface area (Å²) in [7, 11) is 0. The Bertz CT molecular complexity index is 1140. The van der Waals surface area contributed by atoms with Gasteiger partial charge in [-0.3, -0.25) is 4.79 Å². The number of carbonyl (C=O) groups excluding carboxylic acids is 1. The number of ether oxygens (including phenoxy) is 1. The van der Waals surface area contributed by atoms with Gasteiger partial charge in [-0.05, 0) is 13.0 Å². The molecule has 0 radical (unpaired) electrons. The van der Waals surface area contributed by atoms with Gasteiger partial charge in [-0.2, -0.15) is 5.10 Å². The molecule has 0 saturated carbocycles. The molecule has 172 valence electrons. The summed E-state index contributed by atoms with van der Waals surface area (Å²) in [5.74, 6) is 1.26. The maximum absolute atomic E-state index is 13.4. The van der Waals surface area contributed by atoms with Gasteiger partial charge < -0.3 is 24.0 Å². The number of hydrogen-bond donors (Lipinski definition) is 0. The number of aromatic nitrogens is 3. The number of carbonyl (C=O) groups is 1. The van der Waals surface area contributed by atoms with Gasteiger partial charge in [0.05, 0.1) is 30.1 Å². The van der Waals surface area contributed by atoms with E-state index in [1.807, 2.05) is 23.1 Å². The molecule has 0 atom stereocenters. The minimum Gasteiger partial charge on any atom is -0.378 e. The third-order valence-electron chi connectivity index (χ3n) is 6.10. The molecule has 0 spiro atoms. The first kappa shape index (κ1) is 21.7. The van der Waals surface area contributed by atoms with Crippen LogP contribution >= 0.6 is 11.6 Å². The number of halogens is 1. The smallest absolute Gasteiger partial charge is 0.259 e. The van der Waals surface area contributed by atoms with Gasteiger partial charge in [-0.1, -0.05) is 35.0 Å². The molecule has 2 aromatic heterocycles. The van der Waals surface area contributed by atoms with Crippen molar-refractivity contribution >= 4 is 29.0 Å². The molecule has 0 unspecified atom stereocenters. The van der Waals surface area contributed by atoms with Crippen molar-refractivity contribution in [3.63, 3.8) is 0 Å². The van der Waals surface area contributed by atoms with Crippen LogP contribution in [0.25, 0.3) is 11.3 Å². The minimum absolute atomic E-state index is 0.0924. The number of nitrogens with zero attached hydrogens (tertiary/aromatic N) is 6. The number of hydrogen-bond acceptors (Lipinski definition) is 8. The van der Waals surface area contributed by atoms with E-state index in [2.05, 4.69) is 31.2 Å². The topological polar surface area (TPSA) is 87.8 Å². The zero-order valence-corrected chi connectivity index (χ0v) is 19.2. The standard InChI is InChI=1S/C23H25ClN6O3/c1-16-21(22(27-33-16)18-4-2-3-5-19(18)24)23(31)30-8-6-28(7-9-30)17-14-20(26-25-15-17)29-10-12-32-13-11-29/h2-5,14-15H,6-13H2,1H3. The number of aryl methyl sites for hydroxylation is 1. The summed E-state index contributed by atoms with van der Waals surface area (Å²) in [6.45, 7) is 7.35. The molecule has 33 heavy (non-hydrogen) atoms. The molecule has 10 heteroatoms. The Labute approximate surface area is 196 Å². The highest BCUT2D eigenvalue weighted by Crippen LogP contribution is 2.32. The van der Waals surface area contributed by atoms with Gasteiger partial charge in [0.2, 0.25) is 0 Å². The van der Waals surface area contributed by atoms with Gasteiger partial charge in [0.1, 0.15) is 17.0 Å². The van der Waals surface area contributed by atoms with Gasteiger partial charge >= 0.3 is 0 Å². The van der Waals surface area contributed by atoms with Crippen LogP contribution in [0.3, 0.4) is 0 Å². The quantitative estimate of drug-likeness (QED) is 0.577. The van der Waals surface area contributed by atoms with E-state index in [-0.39, 0.29) is 5.91 Å². The second-order valence-electron chi connectivity index (χ2n) is 8.09. The second-order valence-corrected chi connectivity index (χ2v) is 8.50.